The molecule has 0 saturated heterocycles. The summed E-state index contributed by atoms with van der Waals surface area (Å²) in [4.78, 5) is 21.2. The van der Waals surface area contributed by atoms with Gasteiger partial charge in [-0.15, -0.1) is 0 Å². The fourth-order valence-electron chi connectivity index (χ4n) is 2.58. The number of para-hydroxylation sites is 1. The third kappa shape index (κ3) is 2.39. The number of pyridine rings is 1. The van der Waals surface area contributed by atoms with Crippen molar-refractivity contribution in [1.82, 2.24) is 14.5 Å². The molecule has 1 aromatic carbocycles. The van der Waals surface area contributed by atoms with Crippen LogP contribution in [0.25, 0.3) is 10.9 Å². The molecule has 1 atom stereocenters. The highest BCUT2D eigenvalue weighted by Crippen LogP contribution is 2.20. The highest BCUT2D eigenvalue weighted by atomic mass is 19.1. The number of nitrogens with zero attached hydrogens (tertiary/aromatic N) is 3. The van der Waals surface area contributed by atoms with Gasteiger partial charge in [-0.05, 0) is 37.1 Å². The Kier molecular flexibility index (Phi) is 3.71. The number of aryl methyl sites for hydroxylation is 1. The van der Waals surface area contributed by atoms with Crippen molar-refractivity contribution in [3.05, 3.63) is 70.3 Å². The summed E-state index contributed by atoms with van der Waals surface area (Å²) < 4.78 is 15.3. The second-order valence-corrected chi connectivity index (χ2v) is 5.28. The SMILES string of the molecule is CC[C@H](c1ccc(C)cn1)n1cnc2c(F)cccc2c1=O. The Morgan fingerprint density at radius 1 is 1.23 bits per heavy atom. The molecule has 112 valence electrons. The molecule has 0 saturated carbocycles. The van der Waals surface area contributed by atoms with E-state index in [4.69, 9.17) is 0 Å². The first kappa shape index (κ1) is 14.4. The first-order valence-electron chi connectivity index (χ1n) is 7.19. The fourth-order valence-corrected chi connectivity index (χ4v) is 2.58. The average Bonchev–Trinajstić information content (AvgIpc) is 2.52. The molecule has 3 rings (SSSR count). The fraction of sp³-hybridized carbons (Fsp3) is 0.235. The monoisotopic (exact) mass is 297 g/mol. The Bertz CT molecular complexity index is 871. The van der Waals surface area contributed by atoms with Gasteiger partial charge in [-0.25, -0.2) is 9.37 Å². The van der Waals surface area contributed by atoms with Crippen LogP contribution >= 0.6 is 0 Å². The summed E-state index contributed by atoms with van der Waals surface area (Å²) in [5, 5.41) is 0.285. The van der Waals surface area contributed by atoms with Crippen molar-refractivity contribution in [1.29, 1.82) is 0 Å². The number of halogens is 1. The Morgan fingerprint density at radius 2 is 2.05 bits per heavy atom. The third-order valence-corrected chi connectivity index (χ3v) is 3.76. The topological polar surface area (TPSA) is 47.8 Å². The van der Waals surface area contributed by atoms with E-state index in [-0.39, 0.29) is 22.5 Å². The maximum atomic E-state index is 13.7. The summed E-state index contributed by atoms with van der Waals surface area (Å²) in [6.07, 6.45) is 3.87. The summed E-state index contributed by atoms with van der Waals surface area (Å²) in [5.41, 5.74) is 1.71. The minimum Gasteiger partial charge on any atom is -0.290 e. The molecule has 0 spiro atoms. The van der Waals surface area contributed by atoms with E-state index >= 15 is 0 Å². The smallest absolute Gasteiger partial charge is 0.261 e. The quantitative estimate of drug-likeness (QED) is 0.745. The van der Waals surface area contributed by atoms with Crippen molar-refractivity contribution in [3.63, 3.8) is 0 Å². The molecule has 5 heteroatoms. The zero-order valence-electron chi connectivity index (χ0n) is 12.5. The van der Waals surface area contributed by atoms with Gasteiger partial charge >= 0.3 is 0 Å². The molecule has 0 aliphatic rings. The maximum Gasteiger partial charge on any atom is 0.261 e. The van der Waals surface area contributed by atoms with Crippen molar-refractivity contribution >= 4 is 10.9 Å². The van der Waals surface area contributed by atoms with Crippen LogP contribution in [-0.4, -0.2) is 14.5 Å². The lowest BCUT2D eigenvalue weighted by atomic mass is 10.1. The Balaban J connectivity index is 2.17. The van der Waals surface area contributed by atoms with Crippen LogP contribution < -0.4 is 5.56 Å². The van der Waals surface area contributed by atoms with Crippen molar-refractivity contribution in [2.24, 2.45) is 0 Å². The van der Waals surface area contributed by atoms with E-state index in [2.05, 4.69) is 9.97 Å². The molecule has 3 aromatic rings. The zero-order chi connectivity index (χ0) is 15.7. The number of hydrogen-bond acceptors (Lipinski definition) is 3. The van der Waals surface area contributed by atoms with E-state index in [9.17, 15) is 9.18 Å². The predicted octanol–water partition coefficient (Wildman–Crippen LogP) is 3.24. The lowest BCUT2D eigenvalue weighted by Gasteiger charge is -2.18. The number of rotatable bonds is 3. The van der Waals surface area contributed by atoms with Crippen molar-refractivity contribution in [2.45, 2.75) is 26.3 Å². The molecule has 0 unspecified atom stereocenters. The van der Waals surface area contributed by atoms with Crippen molar-refractivity contribution < 1.29 is 4.39 Å². The number of fused-ring (bicyclic) bond motifs is 1. The van der Waals surface area contributed by atoms with E-state index in [0.29, 0.717) is 6.42 Å². The Morgan fingerprint density at radius 3 is 2.73 bits per heavy atom. The molecule has 0 N–H and O–H groups in total. The molecule has 0 bridgehead atoms. The molecule has 22 heavy (non-hydrogen) atoms. The van der Waals surface area contributed by atoms with E-state index in [1.54, 1.807) is 12.3 Å². The van der Waals surface area contributed by atoms with E-state index < -0.39 is 5.82 Å². The van der Waals surface area contributed by atoms with Crippen LogP contribution in [0.2, 0.25) is 0 Å². The Labute approximate surface area is 127 Å². The molecular formula is C17H16FN3O. The van der Waals surface area contributed by atoms with Crippen LogP contribution in [0.3, 0.4) is 0 Å². The standard InChI is InChI=1S/C17H16FN3O/c1-3-15(14-8-7-11(2)9-19-14)21-10-20-16-12(17(21)22)5-4-6-13(16)18/h4-10,15H,3H2,1-2H3/t15-/m1/s1. The average molecular weight is 297 g/mol. The normalized spacial score (nSPS) is 12.5. The second-order valence-electron chi connectivity index (χ2n) is 5.28. The van der Waals surface area contributed by atoms with Gasteiger partial charge in [0.05, 0.1) is 23.4 Å². The Hall–Kier alpha value is -2.56. The third-order valence-electron chi connectivity index (χ3n) is 3.76. The van der Waals surface area contributed by atoms with Crippen LogP contribution in [0.5, 0.6) is 0 Å². The van der Waals surface area contributed by atoms with Gasteiger partial charge in [0, 0.05) is 6.20 Å². The first-order chi connectivity index (χ1) is 10.6. The van der Waals surface area contributed by atoms with E-state index in [1.807, 2.05) is 26.0 Å². The van der Waals surface area contributed by atoms with Crippen molar-refractivity contribution in [3.8, 4) is 0 Å². The second kappa shape index (κ2) is 5.67. The minimum absolute atomic E-state index is 0.107. The predicted molar refractivity (Wildman–Crippen MR) is 83.4 cm³/mol. The van der Waals surface area contributed by atoms with Gasteiger partial charge < -0.3 is 0 Å². The summed E-state index contributed by atoms with van der Waals surface area (Å²) in [5.74, 6) is -0.483. The summed E-state index contributed by atoms with van der Waals surface area (Å²) in [6.45, 7) is 3.94. The van der Waals surface area contributed by atoms with Crippen LogP contribution in [-0.2, 0) is 0 Å². The number of aromatic nitrogens is 3. The highest BCUT2D eigenvalue weighted by Gasteiger charge is 2.17. The largest absolute Gasteiger partial charge is 0.290 e. The highest BCUT2D eigenvalue weighted by molar-refractivity contribution is 5.77. The molecule has 4 nitrogen and oxygen atoms in total. The van der Waals surface area contributed by atoms with Gasteiger partial charge in [0.2, 0.25) is 0 Å². The van der Waals surface area contributed by atoms with E-state index in [1.165, 1.54) is 23.0 Å². The van der Waals surface area contributed by atoms with Gasteiger partial charge in [0.15, 0.2) is 0 Å². The lowest BCUT2D eigenvalue weighted by molar-refractivity contribution is 0.529. The van der Waals surface area contributed by atoms with Gasteiger partial charge in [-0.2, -0.15) is 0 Å². The molecule has 0 aliphatic carbocycles. The molecule has 2 aromatic heterocycles. The molecule has 0 fully saturated rings. The minimum atomic E-state index is -0.483. The van der Waals surface area contributed by atoms with Gasteiger partial charge in [0.1, 0.15) is 11.3 Å². The summed E-state index contributed by atoms with van der Waals surface area (Å²) >= 11 is 0. The van der Waals surface area contributed by atoms with E-state index in [0.717, 1.165) is 11.3 Å². The molecular weight excluding hydrogens is 281 g/mol. The molecule has 0 radical (unpaired) electrons. The summed E-state index contributed by atoms with van der Waals surface area (Å²) in [7, 11) is 0. The lowest BCUT2D eigenvalue weighted by Crippen LogP contribution is -2.26. The van der Waals surface area contributed by atoms with Gasteiger partial charge in [-0.3, -0.25) is 14.3 Å². The number of hydrogen-bond donors (Lipinski definition) is 0. The first-order valence-corrected chi connectivity index (χ1v) is 7.19. The number of benzene rings is 1. The van der Waals surface area contributed by atoms with Crippen LogP contribution in [0.1, 0.15) is 30.6 Å². The molecule has 2 heterocycles. The van der Waals surface area contributed by atoms with Crippen molar-refractivity contribution in [2.75, 3.05) is 0 Å². The summed E-state index contributed by atoms with van der Waals surface area (Å²) in [6, 6.07) is 8.08. The zero-order valence-corrected chi connectivity index (χ0v) is 12.5. The van der Waals surface area contributed by atoms with Crippen LogP contribution in [0.4, 0.5) is 4.39 Å². The van der Waals surface area contributed by atoms with Gasteiger partial charge in [-0.1, -0.05) is 19.1 Å². The molecule has 0 amide bonds. The maximum absolute atomic E-state index is 13.7. The molecule has 0 aliphatic heterocycles. The van der Waals surface area contributed by atoms with Crippen LogP contribution in [0.15, 0.2) is 47.7 Å². The van der Waals surface area contributed by atoms with Gasteiger partial charge in [0.25, 0.3) is 5.56 Å². The van der Waals surface area contributed by atoms with Crippen LogP contribution in [0, 0.1) is 12.7 Å².